The van der Waals surface area contributed by atoms with Crippen LogP contribution in [0.25, 0.3) is 0 Å². The average molecular weight is 274 g/mol. The third-order valence-corrected chi connectivity index (χ3v) is 0. The quantitative estimate of drug-likeness (QED) is 0.468. The fourth-order valence-corrected chi connectivity index (χ4v) is 0. The molecular formula is H3AlBCeNb. The van der Waals surface area contributed by atoms with E-state index in [0.717, 1.165) is 0 Å². The molecule has 0 spiro atoms. The van der Waals surface area contributed by atoms with Gasteiger partial charge in [-0.1, -0.05) is 0 Å². The van der Waals surface area contributed by atoms with Crippen LogP contribution in [0.5, 0.6) is 0 Å². The van der Waals surface area contributed by atoms with Crippen LogP contribution in [0.3, 0.4) is 0 Å². The molecule has 0 bridgehead atoms. The van der Waals surface area contributed by atoms with Crippen molar-refractivity contribution < 1.29 is 64.1 Å². The summed E-state index contributed by atoms with van der Waals surface area (Å²) in [5, 5.41) is 0. The van der Waals surface area contributed by atoms with Crippen LogP contribution in [-0.2, 0) is 22.4 Å². The van der Waals surface area contributed by atoms with Gasteiger partial charge in [0, 0.05) is 72.5 Å². The van der Waals surface area contributed by atoms with Gasteiger partial charge in [-0.3, -0.25) is 0 Å². The van der Waals surface area contributed by atoms with Gasteiger partial charge in [-0.2, -0.15) is 0 Å². The molecule has 18 valence electrons. The Morgan fingerprint density at radius 1 is 1.00 bits per heavy atom. The third-order valence-electron chi connectivity index (χ3n) is 0. The van der Waals surface area contributed by atoms with Gasteiger partial charge >= 0.3 is 0 Å². The van der Waals surface area contributed by atoms with Gasteiger partial charge in [0.25, 0.3) is 0 Å². The van der Waals surface area contributed by atoms with Crippen molar-refractivity contribution in [1.29, 1.82) is 0 Å². The molecule has 0 aromatic carbocycles. The minimum absolute atomic E-state index is 0. The molecule has 0 atom stereocenters. The average Bonchev–Trinajstić information content (AvgIpc) is 0. The Hall–Kier alpha value is 2.71. The molecule has 0 saturated heterocycles. The summed E-state index contributed by atoms with van der Waals surface area (Å²) >= 11 is 0. The smallest absolute Gasteiger partial charge is 0 e. The van der Waals surface area contributed by atoms with E-state index in [4.69, 9.17) is 0 Å². The Morgan fingerprint density at radius 3 is 1.00 bits per heavy atom. The second kappa shape index (κ2) is 17.2. The second-order valence-electron chi connectivity index (χ2n) is 0. The summed E-state index contributed by atoms with van der Waals surface area (Å²) in [5.74, 6) is 0. The SMILES string of the molecule is [AlH3].[B].[Ce].[Nb]. The van der Waals surface area contributed by atoms with Crippen LogP contribution >= 0.6 is 0 Å². The van der Waals surface area contributed by atoms with Crippen molar-refractivity contribution in [3.8, 4) is 0 Å². The zero-order chi connectivity index (χ0) is 0. The maximum absolute atomic E-state index is 0. The minimum atomic E-state index is 0. The fourth-order valence-electron chi connectivity index (χ4n) is 0. The van der Waals surface area contributed by atoms with Crippen molar-refractivity contribution in [2.24, 2.45) is 0 Å². The van der Waals surface area contributed by atoms with E-state index in [-0.39, 0.29) is 89.9 Å². The Kier molecular flexibility index (Phi) is 128. The van der Waals surface area contributed by atoms with E-state index in [9.17, 15) is 0 Å². The van der Waals surface area contributed by atoms with E-state index in [1.54, 1.807) is 0 Å². The van der Waals surface area contributed by atoms with E-state index in [1.165, 1.54) is 0 Å². The van der Waals surface area contributed by atoms with Crippen molar-refractivity contribution >= 4 is 25.8 Å². The summed E-state index contributed by atoms with van der Waals surface area (Å²) in [6.07, 6.45) is 0. The van der Waals surface area contributed by atoms with Crippen molar-refractivity contribution in [3.05, 3.63) is 0 Å². The first-order chi connectivity index (χ1) is 0. The van der Waals surface area contributed by atoms with Crippen LogP contribution in [0.2, 0.25) is 0 Å². The summed E-state index contributed by atoms with van der Waals surface area (Å²) < 4.78 is 0. The first-order valence-corrected chi connectivity index (χ1v) is 0. The third kappa shape index (κ3) is 8.83. The molecule has 4 radical (unpaired) electrons. The molecule has 4 heteroatoms. The van der Waals surface area contributed by atoms with Gasteiger partial charge in [0.15, 0.2) is 17.4 Å². The van der Waals surface area contributed by atoms with Crippen molar-refractivity contribution in [2.75, 3.05) is 0 Å². The normalized spacial score (nSPS) is 0. The Labute approximate surface area is 88.1 Å². The monoisotopic (exact) mass is 274 g/mol. The molecule has 4 heavy (non-hydrogen) atoms. The molecule has 0 saturated carbocycles. The summed E-state index contributed by atoms with van der Waals surface area (Å²) in [6.45, 7) is 0. The molecule has 0 aromatic rings. The predicted molar refractivity (Wildman–Crippen MR) is 15.7 cm³/mol. The number of hydrogen-bond donors (Lipinski definition) is 0. The van der Waals surface area contributed by atoms with Gasteiger partial charge in [0.05, 0.1) is 0 Å². The van der Waals surface area contributed by atoms with E-state index in [1.807, 2.05) is 0 Å². The number of hydrogen-bond acceptors (Lipinski definition) is 0. The van der Waals surface area contributed by atoms with Gasteiger partial charge < -0.3 is 0 Å². The molecule has 0 aliphatic rings. The zero-order valence-corrected chi connectivity index (χ0v) is 6.86. The molecule has 0 fully saturated rings. The fraction of sp³-hybridized carbons (Fsp3) is 0. The first kappa shape index (κ1) is 29.8. The van der Waals surface area contributed by atoms with Crippen LogP contribution in [0, 0.1) is 41.7 Å². The Morgan fingerprint density at radius 2 is 1.00 bits per heavy atom. The maximum Gasteiger partial charge on any atom is 0.187 e. The Balaban J connectivity index is 0. The van der Waals surface area contributed by atoms with Crippen molar-refractivity contribution in [3.63, 3.8) is 0 Å². The van der Waals surface area contributed by atoms with Crippen LogP contribution in [0.4, 0.5) is 0 Å². The van der Waals surface area contributed by atoms with Gasteiger partial charge in [0.1, 0.15) is 0 Å². The number of rotatable bonds is 0. The molecule has 0 rings (SSSR count). The molecule has 0 heterocycles. The van der Waals surface area contributed by atoms with Crippen molar-refractivity contribution in [2.45, 2.75) is 0 Å². The largest absolute Gasteiger partial charge is 0.187 e. The zero-order valence-electron chi connectivity index (χ0n) is 1.52. The Bertz CT molecular complexity index is 8.00. The molecular weight excluding hydrogens is 271 g/mol. The predicted octanol–water partition coefficient (Wildman–Crippen LogP) is -1.57. The molecule has 0 nitrogen and oxygen atoms in total. The molecule has 0 aliphatic carbocycles. The van der Waals surface area contributed by atoms with E-state index in [2.05, 4.69) is 0 Å². The van der Waals surface area contributed by atoms with Crippen LogP contribution in [0.15, 0.2) is 0 Å². The second-order valence-corrected chi connectivity index (χ2v) is 0. The first-order valence-electron chi connectivity index (χ1n) is 0. The van der Waals surface area contributed by atoms with Crippen molar-refractivity contribution in [1.82, 2.24) is 0 Å². The molecule has 0 N–H and O–H groups in total. The van der Waals surface area contributed by atoms with Crippen LogP contribution in [-0.4, -0.2) is 25.8 Å². The van der Waals surface area contributed by atoms with Gasteiger partial charge in [-0.25, -0.2) is 0 Å². The topological polar surface area (TPSA) is 0 Å². The molecule has 0 unspecified atom stereocenters. The molecule has 0 amide bonds. The summed E-state index contributed by atoms with van der Waals surface area (Å²) in [4.78, 5) is 0. The maximum atomic E-state index is 0. The summed E-state index contributed by atoms with van der Waals surface area (Å²) in [5.41, 5.74) is 0. The van der Waals surface area contributed by atoms with Crippen LogP contribution < -0.4 is 0 Å². The summed E-state index contributed by atoms with van der Waals surface area (Å²) in [7, 11) is 0. The summed E-state index contributed by atoms with van der Waals surface area (Å²) in [6, 6.07) is 0. The van der Waals surface area contributed by atoms with Gasteiger partial charge in [-0.05, 0) is 0 Å². The van der Waals surface area contributed by atoms with Gasteiger partial charge in [-0.15, -0.1) is 0 Å². The van der Waals surface area contributed by atoms with Gasteiger partial charge in [0.2, 0.25) is 0 Å². The standard InChI is InChI=1S/Al.B.Ce.Nb.3H. The minimum Gasteiger partial charge on any atom is 0 e. The van der Waals surface area contributed by atoms with Crippen LogP contribution in [0.1, 0.15) is 0 Å². The molecule has 0 aliphatic heterocycles. The molecule has 0 aromatic heterocycles. The van der Waals surface area contributed by atoms with E-state index < -0.39 is 0 Å². The van der Waals surface area contributed by atoms with E-state index >= 15 is 0 Å². The van der Waals surface area contributed by atoms with E-state index in [0.29, 0.717) is 0 Å².